The van der Waals surface area contributed by atoms with Crippen LogP contribution in [0.25, 0.3) is 0 Å². The molecule has 0 radical (unpaired) electrons. The van der Waals surface area contributed by atoms with Crippen LogP contribution in [0.2, 0.25) is 0 Å². The minimum absolute atomic E-state index is 0.327. The Hall–Kier alpha value is -0.700. The lowest BCUT2D eigenvalue weighted by Crippen LogP contribution is -2.49. The molecule has 0 aliphatic heterocycles. The van der Waals surface area contributed by atoms with Gasteiger partial charge in [0.25, 0.3) is 0 Å². The summed E-state index contributed by atoms with van der Waals surface area (Å²) in [5, 5.41) is 0. The van der Waals surface area contributed by atoms with Gasteiger partial charge in [-0.25, -0.2) is 4.98 Å². The van der Waals surface area contributed by atoms with Crippen molar-refractivity contribution in [3.8, 4) is 0 Å². The first-order valence-corrected chi connectivity index (χ1v) is 8.57. The summed E-state index contributed by atoms with van der Waals surface area (Å²) in [6.45, 7) is 4.45. The molecule has 0 amide bonds. The smallest absolute Gasteiger partial charge is 0.130 e. The molecule has 1 aromatic rings. The fraction of sp³-hybridized carbons (Fsp3) is 0.765. The third kappa shape index (κ3) is 1.97. The van der Waals surface area contributed by atoms with Crippen LogP contribution in [0, 0.1) is 22.4 Å². The van der Waals surface area contributed by atoms with E-state index >= 15 is 0 Å². The van der Waals surface area contributed by atoms with Crippen molar-refractivity contribution >= 4 is 12.2 Å². The molecule has 0 aromatic carbocycles. The second-order valence-corrected chi connectivity index (χ2v) is 8.29. The summed E-state index contributed by atoms with van der Waals surface area (Å²) in [6, 6.07) is 2.05. The number of hydrogen-bond acceptors (Lipinski definition) is 2. The minimum atomic E-state index is 0.327. The maximum absolute atomic E-state index is 5.43. The van der Waals surface area contributed by atoms with Gasteiger partial charge in [0.15, 0.2) is 0 Å². The Kier molecular flexibility index (Phi) is 2.86. The number of H-pyrrole nitrogens is 1. The zero-order valence-corrected chi connectivity index (χ0v) is 13.3. The molecule has 0 unspecified atom stereocenters. The topological polar surface area (TPSA) is 28.7 Å². The molecule has 4 saturated carbocycles. The van der Waals surface area contributed by atoms with E-state index in [4.69, 9.17) is 17.2 Å². The van der Waals surface area contributed by atoms with Crippen molar-refractivity contribution in [3.63, 3.8) is 0 Å². The lowest BCUT2D eigenvalue weighted by Gasteiger charge is -2.56. The van der Waals surface area contributed by atoms with Gasteiger partial charge >= 0.3 is 0 Å². The molecular formula is C17H24N2S. The number of aromatic nitrogens is 2. The van der Waals surface area contributed by atoms with E-state index in [-0.39, 0.29) is 0 Å². The van der Waals surface area contributed by atoms with E-state index in [2.05, 4.69) is 18.8 Å². The van der Waals surface area contributed by atoms with Crippen molar-refractivity contribution in [1.82, 2.24) is 9.97 Å². The van der Waals surface area contributed by atoms with Gasteiger partial charge in [0.2, 0.25) is 0 Å². The highest BCUT2D eigenvalue weighted by molar-refractivity contribution is 7.71. The number of nitrogens with zero attached hydrogens (tertiary/aromatic N) is 1. The van der Waals surface area contributed by atoms with Gasteiger partial charge in [-0.1, -0.05) is 26.1 Å². The maximum atomic E-state index is 5.43. The number of rotatable bonds is 2. The number of aromatic amines is 1. The molecule has 0 atom stereocenters. The maximum Gasteiger partial charge on any atom is 0.130 e. The lowest BCUT2D eigenvalue weighted by molar-refractivity contribution is -0.00956. The van der Waals surface area contributed by atoms with Gasteiger partial charge in [0.05, 0.1) is 0 Å². The second-order valence-electron chi connectivity index (χ2n) is 7.88. The number of hydrogen-bond donors (Lipinski definition) is 1. The van der Waals surface area contributed by atoms with E-state index in [0.717, 1.165) is 22.4 Å². The third-order valence-electron chi connectivity index (χ3n) is 5.93. The average molecular weight is 288 g/mol. The Bertz CT molecular complexity index is 552. The van der Waals surface area contributed by atoms with Crippen LogP contribution < -0.4 is 0 Å². The van der Waals surface area contributed by atoms with Crippen LogP contribution in [0.15, 0.2) is 6.07 Å². The van der Waals surface area contributed by atoms with Crippen LogP contribution in [0.5, 0.6) is 0 Å². The minimum Gasteiger partial charge on any atom is -0.346 e. The molecule has 1 heterocycles. The predicted molar refractivity (Wildman–Crippen MR) is 83.4 cm³/mol. The van der Waals surface area contributed by atoms with Crippen molar-refractivity contribution in [1.29, 1.82) is 0 Å². The molecule has 5 rings (SSSR count). The van der Waals surface area contributed by atoms with Crippen molar-refractivity contribution in [2.45, 2.75) is 63.7 Å². The van der Waals surface area contributed by atoms with Crippen LogP contribution in [-0.2, 0) is 5.41 Å². The first kappa shape index (κ1) is 13.0. The number of nitrogens with one attached hydrogen (secondary N) is 1. The molecule has 108 valence electrons. The van der Waals surface area contributed by atoms with Crippen molar-refractivity contribution in [3.05, 3.63) is 22.2 Å². The summed E-state index contributed by atoms with van der Waals surface area (Å²) >= 11 is 5.43. The van der Waals surface area contributed by atoms with E-state index in [0.29, 0.717) is 11.3 Å². The normalized spacial score (nSPS) is 38.6. The molecule has 0 spiro atoms. The molecule has 3 heteroatoms. The fourth-order valence-electron chi connectivity index (χ4n) is 5.44. The molecule has 4 fully saturated rings. The Morgan fingerprint density at radius 2 is 1.70 bits per heavy atom. The van der Waals surface area contributed by atoms with Crippen LogP contribution in [0.1, 0.15) is 69.8 Å². The molecule has 0 saturated heterocycles. The Balaban J connectivity index is 1.79. The van der Waals surface area contributed by atoms with Crippen LogP contribution >= 0.6 is 12.2 Å². The quantitative estimate of drug-likeness (QED) is 0.797. The summed E-state index contributed by atoms with van der Waals surface area (Å²) in [5.74, 6) is 4.56. The highest BCUT2D eigenvalue weighted by atomic mass is 32.1. The molecule has 20 heavy (non-hydrogen) atoms. The van der Waals surface area contributed by atoms with E-state index in [9.17, 15) is 0 Å². The van der Waals surface area contributed by atoms with Crippen molar-refractivity contribution < 1.29 is 0 Å². The second kappa shape index (κ2) is 4.40. The highest BCUT2D eigenvalue weighted by Crippen LogP contribution is 2.60. The van der Waals surface area contributed by atoms with E-state index in [1.165, 1.54) is 50.0 Å². The molecular weight excluding hydrogens is 264 g/mol. The van der Waals surface area contributed by atoms with Crippen molar-refractivity contribution in [2.75, 3.05) is 0 Å². The fourth-order valence-corrected chi connectivity index (χ4v) is 5.66. The summed E-state index contributed by atoms with van der Waals surface area (Å²) in [5.41, 5.74) is 1.59. The van der Waals surface area contributed by atoms with Gasteiger partial charge in [-0.15, -0.1) is 0 Å². The van der Waals surface area contributed by atoms with E-state index in [1.807, 2.05) is 6.07 Å². The Labute approximate surface area is 126 Å². The summed E-state index contributed by atoms with van der Waals surface area (Å²) < 4.78 is 0.776. The SMILES string of the molecule is CC(C)c1cc(=S)nc(C23CC4CC(CC(C4)C2)C3)[nH]1. The Morgan fingerprint density at radius 3 is 2.20 bits per heavy atom. The standard InChI is InChI=1S/C17H24N2S/c1-10(2)14-6-15(20)19-16(18-14)17-7-11-3-12(8-17)5-13(4-11)9-17/h6,10-13H,3-5,7-9H2,1-2H3,(H,18,19,20). The average Bonchev–Trinajstić information content (AvgIpc) is 2.36. The first-order valence-electron chi connectivity index (χ1n) is 8.16. The van der Waals surface area contributed by atoms with Crippen LogP contribution in [-0.4, -0.2) is 9.97 Å². The zero-order chi connectivity index (χ0) is 13.9. The monoisotopic (exact) mass is 288 g/mol. The third-order valence-corrected chi connectivity index (χ3v) is 6.14. The summed E-state index contributed by atoms with van der Waals surface area (Å²) in [4.78, 5) is 8.43. The largest absolute Gasteiger partial charge is 0.346 e. The zero-order valence-electron chi connectivity index (χ0n) is 12.5. The lowest BCUT2D eigenvalue weighted by atomic mass is 9.49. The molecule has 4 aliphatic carbocycles. The molecule has 1 N–H and O–H groups in total. The van der Waals surface area contributed by atoms with Crippen LogP contribution in [0.4, 0.5) is 0 Å². The van der Waals surface area contributed by atoms with Gasteiger partial charge in [-0.3, -0.25) is 0 Å². The van der Waals surface area contributed by atoms with Crippen molar-refractivity contribution in [2.24, 2.45) is 17.8 Å². The molecule has 1 aromatic heterocycles. The summed E-state index contributed by atoms with van der Waals surface area (Å²) in [6.07, 6.45) is 8.47. The summed E-state index contributed by atoms with van der Waals surface area (Å²) in [7, 11) is 0. The van der Waals surface area contributed by atoms with Gasteiger partial charge in [-0.2, -0.15) is 0 Å². The molecule has 2 nitrogen and oxygen atoms in total. The molecule has 4 aliphatic rings. The first-order chi connectivity index (χ1) is 9.54. The van der Waals surface area contributed by atoms with Gasteiger partial charge in [-0.05, 0) is 68.3 Å². The van der Waals surface area contributed by atoms with Gasteiger partial charge in [0.1, 0.15) is 10.5 Å². The molecule has 4 bridgehead atoms. The predicted octanol–water partition coefficient (Wildman–Crippen LogP) is 4.73. The van der Waals surface area contributed by atoms with E-state index in [1.54, 1.807) is 0 Å². The van der Waals surface area contributed by atoms with Gasteiger partial charge < -0.3 is 4.98 Å². The van der Waals surface area contributed by atoms with Crippen LogP contribution in [0.3, 0.4) is 0 Å². The Morgan fingerprint density at radius 1 is 1.15 bits per heavy atom. The van der Waals surface area contributed by atoms with E-state index < -0.39 is 0 Å². The van der Waals surface area contributed by atoms with Gasteiger partial charge in [0, 0.05) is 11.1 Å². The highest BCUT2D eigenvalue weighted by Gasteiger charge is 2.52.